The van der Waals surface area contributed by atoms with Crippen molar-refractivity contribution in [2.45, 2.75) is 6.10 Å². The zero-order chi connectivity index (χ0) is 22.8. The van der Waals surface area contributed by atoms with Gasteiger partial charge in [0.05, 0.1) is 17.9 Å². The lowest BCUT2D eigenvalue weighted by Gasteiger charge is -2.36. The molecule has 0 aliphatic carbocycles. The molecule has 2 aliphatic heterocycles. The fourth-order valence-electron chi connectivity index (χ4n) is 3.94. The quantitative estimate of drug-likeness (QED) is 0.497. The number of anilines is 3. The second-order valence-electron chi connectivity index (χ2n) is 7.67. The summed E-state index contributed by atoms with van der Waals surface area (Å²) < 4.78 is 35.9. The number of piperazine rings is 1. The highest BCUT2D eigenvalue weighted by molar-refractivity contribution is 5.90. The van der Waals surface area contributed by atoms with Gasteiger partial charge >= 0.3 is 6.09 Å². The summed E-state index contributed by atoms with van der Waals surface area (Å²) in [6.45, 7) is 2.77. The Kier molecular flexibility index (Phi) is 5.59. The van der Waals surface area contributed by atoms with Crippen molar-refractivity contribution < 1.29 is 32.4 Å². The van der Waals surface area contributed by atoms with Gasteiger partial charge in [-0.3, -0.25) is 9.69 Å². The fourth-order valence-corrected chi connectivity index (χ4v) is 3.94. The summed E-state index contributed by atoms with van der Waals surface area (Å²) in [5.41, 5.74) is 0.880. The van der Waals surface area contributed by atoms with E-state index in [1.807, 2.05) is 9.80 Å². The van der Waals surface area contributed by atoms with Gasteiger partial charge in [-0.1, -0.05) is 0 Å². The molecule has 0 spiro atoms. The maximum atomic E-state index is 15.0. The normalized spacial score (nSPS) is 18.5. The van der Waals surface area contributed by atoms with E-state index in [4.69, 9.17) is 18.4 Å². The number of hydrogen-bond acceptors (Lipinski definition) is 9. The summed E-state index contributed by atoms with van der Waals surface area (Å²) in [5, 5.41) is 3.64. The van der Waals surface area contributed by atoms with E-state index in [0.717, 1.165) is 0 Å². The first-order chi connectivity index (χ1) is 16.1. The number of hydrogen-bond donors (Lipinski definition) is 0. The standard InChI is InChI=1S/C22H21FN4O6/c23-18-11-15(27-12-17(33-22(27)29)14-30-20-5-10-31-24-20)1-3-19(18)25-6-8-26(9-7-25)21-4-2-16(13-28)32-21/h1-5,10-11,13,17H,6-9,12,14H2/t17-/m1/s1. The predicted molar refractivity (Wildman–Crippen MR) is 115 cm³/mol. The van der Waals surface area contributed by atoms with Crippen LogP contribution in [-0.4, -0.2) is 63.0 Å². The number of cyclic esters (lactones) is 1. The van der Waals surface area contributed by atoms with Crippen LogP contribution in [0.5, 0.6) is 5.88 Å². The smallest absolute Gasteiger partial charge is 0.414 e. The number of furan rings is 1. The molecule has 1 amide bonds. The molecule has 4 heterocycles. The molecule has 172 valence electrons. The molecule has 2 aliphatic rings. The van der Waals surface area contributed by atoms with Crippen LogP contribution in [0.3, 0.4) is 0 Å². The Morgan fingerprint density at radius 2 is 1.94 bits per heavy atom. The number of ether oxygens (including phenoxy) is 2. The van der Waals surface area contributed by atoms with E-state index in [-0.39, 0.29) is 18.9 Å². The first kappa shape index (κ1) is 20.9. The SMILES string of the molecule is O=Cc1ccc(N2CCN(c3ccc(N4C[C@H](COc5ccon5)OC4=O)cc3F)CC2)o1. The molecule has 33 heavy (non-hydrogen) atoms. The van der Waals surface area contributed by atoms with Crippen molar-refractivity contribution in [3.8, 4) is 5.88 Å². The van der Waals surface area contributed by atoms with Gasteiger partial charge in [0, 0.05) is 38.3 Å². The maximum absolute atomic E-state index is 15.0. The third-order valence-corrected chi connectivity index (χ3v) is 5.61. The molecular formula is C22H21FN4O6. The Labute approximate surface area is 188 Å². The van der Waals surface area contributed by atoms with Gasteiger partial charge < -0.3 is 28.2 Å². The lowest BCUT2D eigenvalue weighted by molar-refractivity contribution is 0.101. The highest BCUT2D eigenvalue weighted by Crippen LogP contribution is 2.29. The second-order valence-corrected chi connectivity index (χ2v) is 7.67. The highest BCUT2D eigenvalue weighted by atomic mass is 19.1. The van der Waals surface area contributed by atoms with Crippen molar-refractivity contribution in [3.05, 3.63) is 54.2 Å². The summed E-state index contributed by atoms with van der Waals surface area (Å²) >= 11 is 0. The number of halogens is 1. The summed E-state index contributed by atoms with van der Waals surface area (Å²) in [6.07, 6.45) is 0.982. The number of carbonyl (C=O) groups is 2. The van der Waals surface area contributed by atoms with Crippen molar-refractivity contribution in [2.75, 3.05) is 54.0 Å². The summed E-state index contributed by atoms with van der Waals surface area (Å²) in [5.74, 6) is 0.789. The Bertz CT molecular complexity index is 1130. The molecule has 10 nitrogen and oxygen atoms in total. The molecular weight excluding hydrogens is 435 g/mol. The van der Waals surface area contributed by atoms with E-state index in [0.29, 0.717) is 55.6 Å². The zero-order valence-corrected chi connectivity index (χ0v) is 17.6. The second kappa shape index (κ2) is 8.85. The van der Waals surface area contributed by atoms with E-state index in [2.05, 4.69) is 5.16 Å². The van der Waals surface area contributed by atoms with Gasteiger partial charge in [-0.15, -0.1) is 0 Å². The van der Waals surface area contributed by atoms with Crippen LogP contribution in [0.2, 0.25) is 0 Å². The summed E-state index contributed by atoms with van der Waals surface area (Å²) in [4.78, 5) is 28.4. The van der Waals surface area contributed by atoms with E-state index in [1.165, 1.54) is 17.2 Å². The van der Waals surface area contributed by atoms with Crippen LogP contribution in [0.15, 0.2) is 51.6 Å². The molecule has 5 rings (SSSR count). The van der Waals surface area contributed by atoms with E-state index < -0.39 is 18.0 Å². The Hall–Kier alpha value is -4.02. The van der Waals surface area contributed by atoms with Crippen molar-refractivity contribution in [3.63, 3.8) is 0 Å². The predicted octanol–water partition coefficient (Wildman–Crippen LogP) is 2.95. The van der Waals surface area contributed by atoms with Crippen molar-refractivity contribution in [2.24, 2.45) is 0 Å². The van der Waals surface area contributed by atoms with Crippen LogP contribution < -0.4 is 19.4 Å². The maximum Gasteiger partial charge on any atom is 0.414 e. The minimum atomic E-state index is -0.558. The van der Waals surface area contributed by atoms with Gasteiger partial charge in [0.1, 0.15) is 18.7 Å². The summed E-state index contributed by atoms with van der Waals surface area (Å²) in [6, 6.07) is 9.65. The number of amides is 1. The molecule has 3 aromatic rings. The molecule has 2 fully saturated rings. The Morgan fingerprint density at radius 3 is 2.64 bits per heavy atom. The van der Waals surface area contributed by atoms with Gasteiger partial charge in [-0.05, 0) is 29.4 Å². The summed E-state index contributed by atoms with van der Waals surface area (Å²) in [7, 11) is 0. The van der Waals surface area contributed by atoms with Gasteiger partial charge in [0.2, 0.25) is 0 Å². The molecule has 0 saturated carbocycles. The third kappa shape index (κ3) is 4.34. The zero-order valence-electron chi connectivity index (χ0n) is 17.6. The molecule has 0 N–H and O–H groups in total. The molecule has 0 unspecified atom stereocenters. The first-order valence-electron chi connectivity index (χ1n) is 10.5. The number of aldehydes is 1. The van der Waals surface area contributed by atoms with E-state index in [1.54, 1.807) is 30.3 Å². The van der Waals surface area contributed by atoms with Gasteiger partial charge in [0.15, 0.2) is 24.0 Å². The third-order valence-electron chi connectivity index (χ3n) is 5.61. The van der Waals surface area contributed by atoms with Crippen LogP contribution in [0.25, 0.3) is 0 Å². The molecule has 1 atom stereocenters. The van der Waals surface area contributed by atoms with E-state index >= 15 is 0 Å². The van der Waals surface area contributed by atoms with Gasteiger partial charge in [-0.25, -0.2) is 9.18 Å². The number of nitrogens with zero attached hydrogens (tertiary/aromatic N) is 4. The Balaban J connectivity index is 1.20. The number of carbonyl (C=O) groups excluding carboxylic acids is 2. The fraction of sp³-hybridized carbons (Fsp3) is 0.318. The van der Waals surface area contributed by atoms with Crippen LogP contribution in [0, 0.1) is 5.82 Å². The monoisotopic (exact) mass is 456 g/mol. The molecule has 2 aromatic heterocycles. The van der Waals surface area contributed by atoms with Gasteiger partial charge in [-0.2, -0.15) is 0 Å². The molecule has 0 bridgehead atoms. The van der Waals surface area contributed by atoms with Crippen LogP contribution in [0.1, 0.15) is 10.6 Å². The topological polar surface area (TPSA) is 101 Å². The van der Waals surface area contributed by atoms with Crippen molar-refractivity contribution in [1.82, 2.24) is 5.16 Å². The highest BCUT2D eigenvalue weighted by Gasteiger charge is 2.33. The van der Waals surface area contributed by atoms with Crippen LogP contribution >= 0.6 is 0 Å². The lowest BCUT2D eigenvalue weighted by atomic mass is 10.2. The average Bonchev–Trinajstić information content (AvgIpc) is 3.59. The van der Waals surface area contributed by atoms with E-state index in [9.17, 15) is 14.0 Å². The minimum absolute atomic E-state index is 0.115. The molecule has 11 heteroatoms. The van der Waals surface area contributed by atoms with Crippen LogP contribution in [-0.2, 0) is 4.74 Å². The van der Waals surface area contributed by atoms with Crippen LogP contribution in [0.4, 0.5) is 26.4 Å². The van der Waals surface area contributed by atoms with Crippen molar-refractivity contribution in [1.29, 1.82) is 0 Å². The number of benzene rings is 1. The lowest BCUT2D eigenvalue weighted by Crippen LogP contribution is -2.46. The van der Waals surface area contributed by atoms with Gasteiger partial charge in [0.25, 0.3) is 5.88 Å². The molecule has 2 saturated heterocycles. The Morgan fingerprint density at radius 1 is 1.12 bits per heavy atom. The molecule has 0 radical (unpaired) electrons. The number of rotatable bonds is 7. The first-order valence-corrected chi connectivity index (χ1v) is 10.5. The minimum Gasteiger partial charge on any atom is -0.471 e. The average molecular weight is 456 g/mol. The number of aromatic nitrogens is 1. The largest absolute Gasteiger partial charge is 0.471 e. The molecule has 1 aromatic carbocycles. The van der Waals surface area contributed by atoms with Crippen molar-refractivity contribution >= 4 is 29.6 Å².